The molecule has 1 heterocycles. The number of anilines is 1. The Morgan fingerprint density at radius 2 is 1.42 bits per heavy atom. The summed E-state index contributed by atoms with van der Waals surface area (Å²) in [6.45, 7) is 8.52. The van der Waals surface area contributed by atoms with Crippen molar-refractivity contribution >= 4 is 28.5 Å². The summed E-state index contributed by atoms with van der Waals surface area (Å²) < 4.78 is 0.642. The van der Waals surface area contributed by atoms with Crippen molar-refractivity contribution in [3.05, 3.63) is 113 Å². The van der Waals surface area contributed by atoms with Crippen molar-refractivity contribution in [1.29, 1.82) is 0 Å². The highest BCUT2D eigenvalue weighted by Gasteiger charge is 2.23. The predicted octanol–water partition coefficient (Wildman–Crippen LogP) is 6.01. The van der Waals surface area contributed by atoms with E-state index in [1.165, 1.54) is 6.07 Å². The number of aromatic nitrogens is 1. The number of benzene rings is 3. The van der Waals surface area contributed by atoms with Gasteiger partial charge in [0.05, 0.1) is 6.04 Å². The number of rotatable bonds is 8. The number of hydrogen-bond donors (Lipinski definition) is 3. The van der Waals surface area contributed by atoms with Gasteiger partial charge in [-0.25, -0.2) is 4.79 Å². The van der Waals surface area contributed by atoms with Gasteiger partial charge in [0.25, 0.3) is 5.69 Å². The van der Waals surface area contributed by atoms with Crippen molar-refractivity contribution < 1.29 is 14.3 Å². The summed E-state index contributed by atoms with van der Waals surface area (Å²) in [5.74, 6) is -0.0451. The quantitative estimate of drug-likeness (QED) is 0.200. The SMILES string of the molecule is CC(C)c1cccc(C(C)C)c1NC(=O)NCC(NC(=O)c1ccc2ccccc2[n+]1[O-])c1ccccc1. The monoisotopic (exact) mass is 510 g/mol. The van der Waals surface area contributed by atoms with Crippen LogP contribution in [-0.4, -0.2) is 18.5 Å². The number of pyridine rings is 1. The first-order valence-corrected chi connectivity index (χ1v) is 12.9. The first-order chi connectivity index (χ1) is 18.3. The largest absolute Gasteiger partial charge is 0.618 e. The molecule has 0 fully saturated rings. The van der Waals surface area contributed by atoms with Gasteiger partial charge in [0.2, 0.25) is 5.52 Å². The lowest BCUT2D eigenvalue weighted by Gasteiger charge is -2.22. The summed E-state index contributed by atoms with van der Waals surface area (Å²) in [4.78, 5) is 26.3. The van der Waals surface area contributed by atoms with Crippen molar-refractivity contribution in [2.75, 3.05) is 11.9 Å². The zero-order valence-corrected chi connectivity index (χ0v) is 22.2. The van der Waals surface area contributed by atoms with Gasteiger partial charge in [-0.3, -0.25) is 4.79 Å². The average Bonchev–Trinajstić information content (AvgIpc) is 2.91. The minimum Gasteiger partial charge on any atom is -0.618 e. The van der Waals surface area contributed by atoms with Crippen LogP contribution in [0.3, 0.4) is 0 Å². The van der Waals surface area contributed by atoms with E-state index < -0.39 is 11.9 Å². The summed E-state index contributed by atoms with van der Waals surface area (Å²) in [6, 6.07) is 24.9. The zero-order valence-electron chi connectivity index (χ0n) is 22.2. The van der Waals surface area contributed by atoms with Crippen LogP contribution in [0.15, 0.2) is 84.9 Å². The Kier molecular flexibility index (Phi) is 8.26. The van der Waals surface area contributed by atoms with E-state index in [0.29, 0.717) is 10.2 Å². The van der Waals surface area contributed by atoms with E-state index in [9.17, 15) is 14.8 Å². The molecule has 0 aliphatic rings. The molecule has 0 bridgehead atoms. The van der Waals surface area contributed by atoms with Crippen molar-refractivity contribution in [3.63, 3.8) is 0 Å². The Balaban J connectivity index is 1.53. The molecule has 0 spiro atoms. The Morgan fingerprint density at radius 3 is 2.08 bits per heavy atom. The molecule has 3 amide bonds. The fraction of sp³-hybridized carbons (Fsp3) is 0.258. The third kappa shape index (κ3) is 5.94. The van der Waals surface area contributed by atoms with Crippen molar-refractivity contribution in [2.24, 2.45) is 0 Å². The van der Waals surface area contributed by atoms with Crippen LogP contribution in [0.1, 0.15) is 72.8 Å². The van der Waals surface area contributed by atoms with Crippen LogP contribution in [0.2, 0.25) is 0 Å². The molecule has 0 aliphatic carbocycles. The molecule has 38 heavy (non-hydrogen) atoms. The van der Waals surface area contributed by atoms with E-state index in [-0.39, 0.29) is 30.1 Å². The maximum Gasteiger partial charge on any atom is 0.319 e. The number of nitrogens with one attached hydrogen (secondary N) is 3. The van der Waals surface area contributed by atoms with Gasteiger partial charge >= 0.3 is 11.9 Å². The second-order valence-electron chi connectivity index (χ2n) is 9.96. The van der Waals surface area contributed by atoms with E-state index >= 15 is 0 Å². The van der Waals surface area contributed by atoms with Gasteiger partial charge in [0.1, 0.15) is 0 Å². The number of carbonyl (C=O) groups excluding carboxylic acids is 2. The molecule has 3 aromatic carbocycles. The number of amides is 3. The standard InChI is InChI=1S/C31H34N4O3/c1-20(2)24-14-10-15-25(21(3)4)29(24)34-31(37)32-19-26(22-11-6-5-7-12-22)33-30(36)28-18-17-23-13-8-9-16-27(23)35(28)38/h5-18,20-21,26H,19H2,1-4H3,(H,33,36)(H2,32,34,37). The number of nitrogens with zero attached hydrogens (tertiary/aromatic N) is 1. The van der Waals surface area contributed by atoms with Crippen LogP contribution in [0.25, 0.3) is 10.9 Å². The van der Waals surface area contributed by atoms with Crippen LogP contribution in [0, 0.1) is 5.21 Å². The van der Waals surface area contributed by atoms with Crippen LogP contribution in [-0.2, 0) is 0 Å². The summed E-state index contributed by atoms with van der Waals surface area (Å²) in [5.41, 5.74) is 4.16. The number of fused-ring (bicyclic) bond motifs is 1. The lowest BCUT2D eigenvalue weighted by Crippen LogP contribution is -2.44. The smallest absolute Gasteiger partial charge is 0.319 e. The molecule has 1 aromatic heterocycles. The number of carbonyl (C=O) groups is 2. The van der Waals surface area contributed by atoms with Gasteiger partial charge in [-0.15, -0.1) is 0 Å². The lowest BCUT2D eigenvalue weighted by atomic mass is 9.93. The molecule has 0 saturated heterocycles. The maximum atomic E-state index is 13.2. The highest BCUT2D eigenvalue weighted by Crippen LogP contribution is 2.32. The van der Waals surface area contributed by atoms with Crippen LogP contribution in [0.4, 0.5) is 10.5 Å². The molecule has 7 nitrogen and oxygen atoms in total. The topological polar surface area (TPSA) is 97.2 Å². The molecule has 4 aromatic rings. The van der Waals surface area contributed by atoms with Gasteiger partial charge in [-0.1, -0.05) is 88.4 Å². The van der Waals surface area contributed by atoms with Gasteiger partial charge in [-0.2, -0.15) is 4.73 Å². The van der Waals surface area contributed by atoms with Crippen LogP contribution >= 0.6 is 0 Å². The molecule has 0 aliphatic heterocycles. The molecule has 1 unspecified atom stereocenters. The summed E-state index contributed by atoms with van der Waals surface area (Å²) >= 11 is 0. The summed E-state index contributed by atoms with van der Waals surface area (Å²) in [6.07, 6.45) is 0. The van der Waals surface area contributed by atoms with Gasteiger partial charge in [0.15, 0.2) is 0 Å². The average molecular weight is 511 g/mol. The fourth-order valence-electron chi connectivity index (χ4n) is 4.57. The molecular formula is C31H34N4O3. The minimum atomic E-state index is -0.550. The van der Waals surface area contributed by atoms with E-state index in [0.717, 1.165) is 27.8 Å². The van der Waals surface area contributed by atoms with E-state index in [4.69, 9.17) is 0 Å². The fourth-order valence-corrected chi connectivity index (χ4v) is 4.57. The Hall–Kier alpha value is -4.39. The summed E-state index contributed by atoms with van der Waals surface area (Å²) in [5, 5.41) is 22.5. The number of para-hydroxylation sites is 2. The molecule has 1 atom stereocenters. The lowest BCUT2D eigenvalue weighted by molar-refractivity contribution is -0.579. The second-order valence-corrected chi connectivity index (χ2v) is 9.96. The predicted molar refractivity (Wildman–Crippen MR) is 151 cm³/mol. The summed E-state index contributed by atoms with van der Waals surface area (Å²) in [7, 11) is 0. The first-order valence-electron chi connectivity index (χ1n) is 12.9. The van der Waals surface area contributed by atoms with Crippen molar-refractivity contribution in [3.8, 4) is 0 Å². The van der Waals surface area contributed by atoms with Crippen LogP contribution in [0.5, 0.6) is 0 Å². The molecule has 0 saturated carbocycles. The van der Waals surface area contributed by atoms with Gasteiger partial charge in [0, 0.05) is 29.8 Å². The molecule has 4 rings (SSSR count). The molecular weight excluding hydrogens is 476 g/mol. The molecule has 196 valence electrons. The third-order valence-electron chi connectivity index (χ3n) is 6.61. The van der Waals surface area contributed by atoms with Crippen molar-refractivity contribution in [1.82, 2.24) is 10.6 Å². The van der Waals surface area contributed by atoms with Crippen molar-refractivity contribution in [2.45, 2.75) is 45.6 Å². The van der Waals surface area contributed by atoms with E-state index in [1.54, 1.807) is 18.2 Å². The molecule has 0 radical (unpaired) electrons. The normalized spacial score (nSPS) is 11.9. The maximum absolute atomic E-state index is 13.2. The number of urea groups is 1. The Bertz CT molecular complexity index is 1410. The third-order valence-corrected chi connectivity index (χ3v) is 6.61. The first kappa shape index (κ1) is 26.7. The zero-order chi connectivity index (χ0) is 27.2. The van der Waals surface area contributed by atoms with Gasteiger partial charge < -0.3 is 21.2 Å². The second kappa shape index (κ2) is 11.8. The van der Waals surface area contributed by atoms with E-state index in [1.807, 2.05) is 60.7 Å². The highest BCUT2D eigenvalue weighted by molar-refractivity contribution is 5.93. The number of hydrogen-bond acceptors (Lipinski definition) is 3. The molecule has 7 heteroatoms. The minimum absolute atomic E-state index is 0.0125. The highest BCUT2D eigenvalue weighted by atomic mass is 16.5. The van der Waals surface area contributed by atoms with E-state index in [2.05, 4.69) is 43.6 Å². The van der Waals surface area contributed by atoms with Crippen LogP contribution < -0.4 is 20.7 Å². The van der Waals surface area contributed by atoms with Gasteiger partial charge in [-0.05, 0) is 40.7 Å². The Morgan fingerprint density at radius 1 is 0.789 bits per heavy atom. The molecule has 3 N–H and O–H groups in total. The Labute approximate surface area is 223 Å².